The van der Waals surface area contributed by atoms with Crippen molar-refractivity contribution in [2.75, 3.05) is 4.72 Å². The Kier molecular flexibility index (Phi) is 5.20. The second-order valence-corrected chi connectivity index (χ2v) is 8.20. The summed E-state index contributed by atoms with van der Waals surface area (Å²) in [6.07, 6.45) is 0. The van der Waals surface area contributed by atoms with E-state index in [9.17, 15) is 17.6 Å². The highest BCUT2D eigenvalue weighted by Crippen LogP contribution is 2.17. The van der Waals surface area contributed by atoms with Gasteiger partial charge in [-0.25, -0.2) is 17.8 Å². The number of imidazole rings is 1. The quantitative estimate of drug-likeness (QED) is 0.441. The van der Waals surface area contributed by atoms with Crippen LogP contribution in [0.15, 0.2) is 77.7 Å². The number of aromatic amines is 1. The van der Waals surface area contributed by atoms with Crippen LogP contribution >= 0.6 is 0 Å². The van der Waals surface area contributed by atoms with Crippen molar-refractivity contribution in [3.05, 3.63) is 90.0 Å². The molecule has 3 N–H and O–H groups in total. The van der Waals surface area contributed by atoms with Crippen LogP contribution in [0.4, 0.5) is 10.1 Å². The first-order chi connectivity index (χ1) is 14.4. The van der Waals surface area contributed by atoms with Gasteiger partial charge < -0.3 is 10.3 Å². The number of hydrogen-bond acceptors (Lipinski definition) is 4. The standard InChI is InChI=1S/C21H17FN4O3S/c22-15-7-11-17(12-8-15)30(28,29)26-16-9-5-14(6-10-16)21(27)23-13-20-24-18-3-1-2-4-19(18)25-20/h1-12,26H,13H2,(H,23,27)(H,24,25). The zero-order chi connectivity index (χ0) is 21.1. The van der Waals surface area contributed by atoms with Crippen molar-refractivity contribution in [3.8, 4) is 0 Å². The number of carbonyl (C=O) groups excluding carboxylic acids is 1. The molecule has 0 spiro atoms. The van der Waals surface area contributed by atoms with Gasteiger partial charge in [0.15, 0.2) is 0 Å². The summed E-state index contributed by atoms with van der Waals surface area (Å²) in [6, 6.07) is 18.1. The third-order valence-electron chi connectivity index (χ3n) is 4.38. The number of sulfonamides is 1. The lowest BCUT2D eigenvalue weighted by atomic mass is 10.2. The molecule has 4 aromatic rings. The number of para-hydroxylation sites is 2. The fourth-order valence-electron chi connectivity index (χ4n) is 2.87. The molecule has 1 heterocycles. The Labute approximate surface area is 172 Å². The summed E-state index contributed by atoms with van der Waals surface area (Å²) >= 11 is 0. The van der Waals surface area contributed by atoms with Crippen LogP contribution in [0.25, 0.3) is 11.0 Å². The number of halogens is 1. The number of nitrogens with one attached hydrogen (secondary N) is 3. The van der Waals surface area contributed by atoms with Crippen LogP contribution < -0.4 is 10.0 Å². The van der Waals surface area contributed by atoms with Crippen molar-refractivity contribution in [2.24, 2.45) is 0 Å². The van der Waals surface area contributed by atoms with E-state index in [0.717, 1.165) is 23.2 Å². The summed E-state index contributed by atoms with van der Waals surface area (Å²) < 4.78 is 40.1. The molecule has 0 radical (unpaired) electrons. The number of hydrogen-bond donors (Lipinski definition) is 3. The number of benzene rings is 3. The number of fused-ring (bicyclic) bond motifs is 1. The Balaban J connectivity index is 1.40. The fourth-order valence-corrected chi connectivity index (χ4v) is 3.93. The smallest absolute Gasteiger partial charge is 0.261 e. The maximum absolute atomic E-state index is 13.0. The van der Waals surface area contributed by atoms with Crippen molar-refractivity contribution in [1.82, 2.24) is 15.3 Å². The first kappa shape index (κ1) is 19.6. The molecule has 0 aliphatic heterocycles. The van der Waals surface area contributed by atoms with Gasteiger partial charge in [0.2, 0.25) is 0 Å². The van der Waals surface area contributed by atoms with Gasteiger partial charge in [0, 0.05) is 11.3 Å². The summed E-state index contributed by atoms with van der Waals surface area (Å²) in [7, 11) is -3.85. The van der Waals surface area contributed by atoms with Gasteiger partial charge in [-0.3, -0.25) is 9.52 Å². The van der Waals surface area contributed by atoms with E-state index in [-0.39, 0.29) is 23.0 Å². The molecule has 0 unspecified atom stereocenters. The molecule has 1 aromatic heterocycles. The lowest BCUT2D eigenvalue weighted by Crippen LogP contribution is -2.23. The number of H-pyrrole nitrogens is 1. The fraction of sp³-hybridized carbons (Fsp3) is 0.0476. The first-order valence-electron chi connectivity index (χ1n) is 9.01. The monoisotopic (exact) mass is 424 g/mol. The van der Waals surface area contributed by atoms with Crippen molar-refractivity contribution in [1.29, 1.82) is 0 Å². The van der Waals surface area contributed by atoms with E-state index in [1.165, 1.54) is 36.4 Å². The van der Waals surface area contributed by atoms with Crippen LogP contribution in [0.5, 0.6) is 0 Å². The summed E-state index contributed by atoms with van der Waals surface area (Å²) in [5.74, 6) is -0.205. The van der Waals surface area contributed by atoms with E-state index in [1.807, 2.05) is 24.3 Å². The van der Waals surface area contributed by atoms with Crippen LogP contribution in [0.1, 0.15) is 16.2 Å². The van der Waals surface area contributed by atoms with Crippen LogP contribution in [0, 0.1) is 5.82 Å². The highest BCUT2D eigenvalue weighted by atomic mass is 32.2. The average molecular weight is 424 g/mol. The summed E-state index contributed by atoms with van der Waals surface area (Å²) in [5.41, 5.74) is 2.36. The van der Waals surface area contributed by atoms with Gasteiger partial charge in [-0.2, -0.15) is 0 Å². The maximum atomic E-state index is 13.0. The molecule has 0 atom stereocenters. The lowest BCUT2D eigenvalue weighted by Gasteiger charge is -2.09. The number of anilines is 1. The molecule has 9 heteroatoms. The zero-order valence-electron chi connectivity index (χ0n) is 15.6. The number of nitrogens with zero attached hydrogens (tertiary/aromatic N) is 1. The Bertz CT molecular complexity index is 1270. The third kappa shape index (κ3) is 4.31. The second kappa shape index (κ2) is 7.96. The molecular weight excluding hydrogens is 407 g/mol. The largest absolute Gasteiger partial charge is 0.345 e. The zero-order valence-corrected chi connectivity index (χ0v) is 16.4. The molecular formula is C21H17FN4O3S. The minimum Gasteiger partial charge on any atom is -0.345 e. The van der Waals surface area contributed by atoms with E-state index >= 15 is 0 Å². The molecule has 0 fully saturated rings. The predicted octanol–water partition coefficient (Wildman–Crippen LogP) is 3.43. The molecule has 7 nitrogen and oxygen atoms in total. The molecule has 0 aliphatic carbocycles. The van der Waals surface area contributed by atoms with Crippen LogP contribution in [0.3, 0.4) is 0 Å². The lowest BCUT2D eigenvalue weighted by molar-refractivity contribution is 0.0950. The molecule has 30 heavy (non-hydrogen) atoms. The summed E-state index contributed by atoms with van der Waals surface area (Å²) in [6.45, 7) is 0.229. The summed E-state index contributed by atoms with van der Waals surface area (Å²) in [5, 5.41) is 2.77. The van der Waals surface area contributed by atoms with Crippen molar-refractivity contribution in [2.45, 2.75) is 11.4 Å². The van der Waals surface area contributed by atoms with E-state index in [2.05, 4.69) is 20.0 Å². The number of carbonyl (C=O) groups is 1. The normalized spacial score (nSPS) is 11.4. The van der Waals surface area contributed by atoms with Gasteiger partial charge in [0.1, 0.15) is 11.6 Å². The number of amides is 1. The van der Waals surface area contributed by atoms with E-state index in [1.54, 1.807) is 0 Å². The molecule has 152 valence electrons. The molecule has 0 saturated carbocycles. The van der Waals surface area contributed by atoms with Crippen molar-refractivity contribution in [3.63, 3.8) is 0 Å². The van der Waals surface area contributed by atoms with Gasteiger partial charge in [-0.15, -0.1) is 0 Å². The molecule has 3 aromatic carbocycles. The minimum atomic E-state index is -3.85. The molecule has 0 saturated heterocycles. The summed E-state index contributed by atoms with van der Waals surface area (Å²) in [4.78, 5) is 19.8. The Morgan fingerprint density at radius 1 is 0.967 bits per heavy atom. The van der Waals surface area contributed by atoms with Gasteiger partial charge in [-0.1, -0.05) is 12.1 Å². The minimum absolute atomic E-state index is 0.0587. The van der Waals surface area contributed by atoms with E-state index < -0.39 is 15.8 Å². The van der Waals surface area contributed by atoms with Gasteiger partial charge in [-0.05, 0) is 60.7 Å². The number of rotatable bonds is 6. The second-order valence-electron chi connectivity index (χ2n) is 6.52. The van der Waals surface area contributed by atoms with Gasteiger partial charge in [0.25, 0.3) is 15.9 Å². The number of aromatic nitrogens is 2. The molecule has 1 amide bonds. The van der Waals surface area contributed by atoms with Gasteiger partial charge >= 0.3 is 0 Å². The Hall–Kier alpha value is -3.72. The topological polar surface area (TPSA) is 104 Å². The van der Waals surface area contributed by atoms with E-state index in [4.69, 9.17) is 0 Å². The maximum Gasteiger partial charge on any atom is 0.261 e. The predicted molar refractivity (Wildman–Crippen MR) is 111 cm³/mol. The SMILES string of the molecule is O=C(NCc1nc2ccccc2[nH]1)c1ccc(NS(=O)(=O)c2ccc(F)cc2)cc1. The van der Waals surface area contributed by atoms with E-state index in [0.29, 0.717) is 11.4 Å². The molecule has 0 bridgehead atoms. The van der Waals surface area contributed by atoms with Gasteiger partial charge in [0.05, 0.1) is 22.5 Å². The Morgan fingerprint density at radius 3 is 2.37 bits per heavy atom. The first-order valence-corrected chi connectivity index (χ1v) is 10.5. The van der Waals surface area contributed by atoms with Crippen LogP contribution in [-0.4, -0.2) is 24.3 Å². The third-order valence-corrected chi connectivity index (χ3v) is 5.78. The highest BCUT2D eigenvalue weighted by Gasteiger charge is 2.15. The molecule has 0 aliphatic rings. The average Bonchev–Trinajstić information content (AvgIpc) is 3.16. The van der Waals surface area contributed by atoms with Crippen LogP contribution in [-0.2, 0) is 16.6 Å². The van der Waals surface area contributed by atoms with Crippen molar-refractivity contribution >= 4 is 32.7 Å². The molecule has 4 rings (SSSR count). The Morgan fingerprint density at radius 2 is 1.67 bits per heavy atom. The van der Waals surface area contributed by atoms with Crippen molar-refractivity contribution < 1.29 is 17.6 Å². The van der Waals surface area contributed by atoms with Crippen LogP contribution in [0.2, 0.25) is 0 Å². The highest BCUT2D eigenvalue weighted by molar-refractivity contribution is 7.92.